The van der Waals surface area contributed by atoms with Crippen LogP contribution in [0.25, 0.3) is 0 Å². The van der Waals surface area contributed by atoms with Crippen molar-refractivity contribution in [2.45, 2.75) is 170 Å². The monoisotopic (exact) mass is 754 g/mol. The molecule has 0 saturated carbocycles. The van der Waals surface area contributed by atoms with Gasteiger partial charge in [-0.25, -0.2) is 0 Å². The van der Waals surface area contributed by atoms with Gasteiger partial charge in [0.25, 0.3) is 29.3 Å². The van der Waals surface area contributed by atoms with Crippen molar-refractivity contribution in [2.75, 3.05) is 0 Å². The van der Waals surface area contributed by atoms with E-state index in [1.165, 1.54) is 51.0 Å². The molecule has 0 radical (unpaired) electrons. The van der Waals surface area contributed by atoms with E-state index in [1.807, 2.05) is 41.5 Å². The highest BCUT2D eigenvalue weighted by Gasteiger charge is 2.34. The standard InChI is InChI=1S/C13H38O5Si6.C7H22O2Si3.3C2H6/c1-13-12-24(4,5)18-22(3)17-23(14-13)11-9-7-6-8-10-20-16-21-15-19-2;1-4-6-7(5-2)11-9-12-8-10-3;3*1-2/h13,22-23H,6-12,19-21H2,1-5H3;7H,4-6,10-12H2,1-3H3;3*1-2H3. The second kappa shape index (κ2) is 40.7. The Morgan fingerprint density at radius 3 is 1.98 bits per heavy atom. The summed E-state index contributed by atoms with van der Waals surface area (Å²) >= 11 is 0. The summed E-state index contributed by atoms with van der Waals surface area (Å²) in [6.45, 7) is 29.8. The summed E-state index contributed by atoms with van der Waals surface area (Å²) in [4.78, 5) is 0. The minimum Gasteiger partial charge on any atom is -0.447 e. The normalized spacial score (nSPS) is 21.7. The van der Waals surface area contributed by atoms with Crippen LogP contribution in [0.15, 0.2) is 0 Å². The molecule has 4 unspecified atom stereocenters. The van der Waals surface area contributed by atoms with E-state index in [0.717, 1.165) is 17.6 Å². The fourth-order valence-corrected chi connectivity index (χ4v) is 23.4. The zero-order valence-corrected chi connectivity index (χ0v) is 42.8. The van der Waals surface area contributed by atoms with Crippen LogP contribution in [0.1, 0.15) is 107 Å². The lowest BCUT2D eigenvalue weighted by Crippen LogP contribution is -2.47. The van der Waals surface area contributed by atoms with Crippen LogP contribution in [0.5, 0.6) is 0 Å². The molecule has 1 fully saturated rings. The quantitative estimate of drug-likeness (QED) is 0.145. The Morgan fingerprint density at radius 1 is 0.857 bits per heavy atom. The highest BCUT2D eigenvalue weighted by molar-refractivity contribution is 6.78. The molecule has 16 heteroatoms. The van der Waals surface area contributed by atoms with Crippen LogP contribution >= 0.6 is 0 Å². The van der Waals surface area contributed by atoms with Gasteiger partial charge in [-0.3, -0.25) is 0 Å². The lowest BCUT2D eigenvalue weighted by Gasteiger charge is -2.36. The summed E-state index contributed by atoms with van der Waals surface area (Å²) in [6.07, 6.45) is 9.47. The fourth-order valence-electron chi connectivity index (χ4n) is 4.32. The Hall–Kier alpha value is 1.67. The van der Waals surface area contributed by atoms with Gasteiger partial charge in [-0.05, 0) is 50.2 Å². The molecule has 1 saturated heterocycles. The first-order valence-electron chi connectivity index (χ1n) is 17.6. The van der Waals surface area contributed by atoms with Crippen LogP contribution in [0.3, 0.4) is 0 Å². The van der Waals surface area contributed by atoms with Crippen LogP contribution in [-0.4, -0.2) is 92.1 Å². The van der Waals surface area contributed by atoms with Gasteiger partial charge in [0.05, 0.1) is 0 Å². The second-order valence-corrected chi connectivity index (χ2v) is 29.8. The van der Waals surface area contributed by atoms with Gasteiger partial charge < -0.3 is 29.1 Å². The fraction of sp³-hybridized carbons (Fsp3) is 1.00. The van der Waals surface area contributed by atoms with Crippen LogP contribution in [0.4, 0.5) is 0 Å². The molecule has 0 bridgehead atoms. The molecule has 1 heterocycles. The summed E-state index contributed by atoms with van der Waals surface area (Å²) in [7, 11) is -6.63. The van der Waals surface area contributed by atoms with E-state index in [-0.39, 0.29) is 39.1 Å². The molecular weight excluding hydrogens is 677 g/mol. The Morgan fingerprint density at radius 2 is 1.43 bits per heavy atom. The lowest BCUT2D eigenvalue weighted by atomic mass is 10.2. The lowest BCUT2D eigenvalue weighted by molar-refractivity contribution is 0.181. The zero-order chi connectivity index (χ0) is 33.1. The summed E-state index contributed by atoms with van der Waals surface area (Å²) in [5.74, 6) is 0. The van der Waals surface area contributed by atoms with Crippen LogP contribution in [-0.2, 0) is 29.1 Å². The average molecular weight is 756 g/mol. The minimum absolute atomic E-state index is 0.190. The van der Waals surface area contributed by atoms with Crippen molar-refractivity contribution in [1.29, 1.82) is 0 Å². The first kappa shape index (κ1) is 50.5. The van der Waals surface area contributed by atoms with Crippen molar-refractivity contribution in [2.24, 2.45) is 0 Å². The van der Waals surface area contributed by atoms with Gasteiger partial charge in [0.15, 0.2) is 18.1 Å². The molecular formula is C26H78O7Si9. The Balaban J connectivity index is -0.000000337. The summed E-state index contributed by atoms with van der Waals surface area (Å²) in [5.41, 5.74) is 0.907. The average Bonchev–Trinajstić information content (AvgIpc) is 2.97. The smallest absolute Gasteiger partial charge is 0.312 e. The van der Waals surface area contributed by atoms with Crippen molar-refractivity contribution in [3.8, 4) is 0 Å². The highest BCUT2D eigenvalue weighted by atomic mass is 28.4. The second-order valence-electron chi connectivity index (χ2n) is 10.3. The van der Waals surface area contributed by atoms with Crippen molar-refractivity contribution >= 4 is 86.0 Å². The number of unbranched alkanes of at least 4 members (excludes halogenated alkanes) is 3. The van der Waals surface area contributed by atoms with Gasteiger partial charge in [0.2, 0.25) is 0 Å². The maximum absolute atomic E-state index is 6.28. The molecule has 0 spiro atoms. The zero-order valence-electron chi connectivity index (χ0n) is 31.0. The molecule has 4 atom stereocenters. The molecule has 0 amide bonds. The Bertz CT molecular complexity index is 475. The molecule has 7 nitrogen and oxygen atoms in total. The molecule has 1 aliphatic heterocycles. The van der Waals surface area contributed by atoms with Crippen molar-refractivity contribution < 1.29 is 29.1 Å². The third kappa shape index (κ3) is 37.9. The largest absolute Gasteiger partial charge is 0.447 e. The van der Waals surface area contributed by atoms with Gasteiger partial charge in [0.1, 0.15) is 29.3 Å². The third-order valence-electron chi connectivity index (χ3n) is 6.09. The van der Waals surface area contributed by atoms with E-state index < -0.39 is 46.9 Å². The molecule has 260 valence electrons. The highest BCUT2D eigenvalue weighted by Crippen LogP contribution is 2.23. The summed E-state index contributed by atoms with van der Waals surface area (Å²) < 4.78 is 41.0. The van der Waals surface area contributed by atoms with E-state index in [2.05, 4.69) is 53.5 Å². The van der Waals surface area contributed by atoms with Gasteiger partial charge in [-0.2, -0.15) is 0 Å². The van der Waals surface area contributed by atoms with Crippen molar-refractivity contribution in [3.63, 3.8) is 0 Å². The van der Waals surface area contributed by atoms with Crippen LogP contribution < -0.4 is 0 Å². The molecule has 0 aliphatic carbocycles. The topological polar surface area (TPSA) is 64.6 Å². The molecule has 0 aromatic carbocycles. The number of hydrogen-bond acceptors (Lipinski definition) is 7. The summed E-state index contributed by atoms with van der Waals surface area (Å²) in [6, 6.07) is 3.56. The van der Waals surface area contributed by atoms with E-state index >= 15 is 0 Å². The van der Waals surface area contributed by atoms with E-state index in [4.69, 9.17) is 29.1 Å². The molecule has 0 aromatic rings. The van der Waals surface area contributed by atoms with Crippen LogP contribution in [0.2, 0.25) is 56.4 Å². The Labute approximate surface area is 283 Å². The number of hydrogen-bond donors (Lipinski definition) is 0. The van der Waals surface area contributed by atoms with E-state index in [9.17, 15) is 0 Å². The summed E-state index contributed by atoms with van der Waals surface area (Å²) in [5, 5.41) is 0. The SMILES string of the molecule is CC.CC.CC.CCCC(CC)[SiH2]O[SiH2]O[SiH2]C.C[SiH2]O[SiH2]O[SiH2]CCCCCC[SiH]1OC(C)C[Si](C)(C)O[SiH](C)O1. The van der Waals surface area contributed by atoms with Crippen molar-refractivity contribution in [1.82, 2.24) is 0 Å². The van der Waals surface area contributed by atoms with Gasteiger partial charge in [-0.1, -0.05) is 113 Å². The molecule has 1 rings (SSSR count). The minimum atomic E-state index is -1.57. The van der Waals surface area contributed by atoms with Gasteiger partial charge >= 0.3 is 9.28 Å². The van der Waals surface area contributed by atoms with Crippen molar-refractivity contribution in [3.05, 3.63) is 0 Å². The maximum Gasteiger partial charge on any atom is 0.312 e. The van der Waals surface area contributed by atoms with Crippen LogP contribution in [0, 0.1) is 0 Å². The molecule has 1 aliphatic rings. The van der Waals surface area contributed by atoms with E-state index in [0.29, 0.717) is 6.10 Å². The first-order valence-corrected chi connectivity index (χ1v) is 33.8. The maximum atomic E-state index is 6.28. The molecule has 42 heavy (non-hydrogen) atoms. The first-order chi connectivity index (χ1) is 20.3. The predicted octanol–water partition coefficient (Wildman–Crippen LogP) is 4.25. The predicted molar refractivity (Wildman–Crippen MR) is 214 cm³/mol. The van der Waals surface area contributed by atoms with Gasteiger partial charge in [-0.15, -0.1) is 0 Å². The van der Waals surface area contributed by atoms with E-state index in [1.54, 1.807) is 0 Å². The Kier molecular flexibility index (Phi) is 49.0. The molecule has 0 N–H and O–H groups in total. The van der Waals surface area contributed by atoms with Gasteiger partial charge in [0, 0.05) is 6.10 Å². The number of rotatable bonds is 19. The molecule has 0 aromatic heterocycles. The third-order valence-corrected chi connectivity index (χ3v) is 26.2.